The van der Waals surface area contributed by atoms with E-state index >= 15 is 0 Å². The molecule has 2 atom stereocenters. The Morgan fingerprint density at radius 2 is 0.967 bits per heavy atom. The van der Waals surface area contributed by atoms with Crippen molar-refractivity contribution < 1.29 is 0 Å². The van der Waals surface area contributed by atoms with E-state index in [0.29, 0.717) is 11.8 Å². The molecule has 2 rings (SSSR count). The van der Waals surface area contributed by atoms with Gasteiger partial charge in [0, 0.05) is 5.88 Å². The Balaban J connectivity index is -0.000000151. The normalized spacial score (nSPS) is 10.7. The Morgan fingerprint density at radius 3 is 1.27 bits per heavy atom. The molecule has 0 N–H and O–H groups in total. The highest BCUT2D eigenvalue weighted by Gasteiger charge is 2.14. The minimum absolute atomic E-state index is 0. The first kappa shape index (κ1) is 39.2. The van der Waals surface area contributed by atoms with Crippen molar-refractivity contribution in [2.24, 2.45) is 5.92 Å². The molecule has 0 aromatic heterocycles. The summed E-state index contributed by atoms with van der Waals surface area (Å²) in [4.78, 5) is 0. The smallest absolute Gasteiger partial charge is 0.0195 e. The molecule has 0 bridgehead atoms. The van der Waals surface area contributed by atoms with Crippen LogP contribution >= 0.6 is 11.6 Å². The van der Waals surface area contributed by atoms with E-state index in [1.165, 1.54) is 30.4 Å². The maximum absolute atomic E-state index is 5.00. The number of hydrogen-bond acceptors (Lipinski definition) is 0. The van der Waals surface area contributed by atoms with Gasteiger partial charge < -0.3 is 0 Å². The summed E-state index contributed by atoms with van der Waals surface area (Å²) in [6.07, 6.45) is 3.74. The monoisotopic (exact) mass is 438 g/mol. The van der Waals surface area contributed by atoms with Crippen molar-refractivity contribution in [3.63, 3.8) is 0 Å². The molecule has 178 valence electrons. The van der Waals surface area contributed by atoms with Crippen molar-refractivity contribution >= 4 is 11.6 Å². The molecule has 0 saturated heterocycles. The van der Waals surface area contributed by atoms with Crippen molar-refractivity contribution in [3.8, 4) is 0 Å². The Hall–Kier alpha value is -1.27. The third kappa shape index (κ3) is 18.7. The largest absolute Gasteiger partial charge is 0.127 e. The number of rotatable bonds is 6. The van der Waals surface area contributed by atoms with Gasteiger partial charge in [-0.15, -0.1) is 11.6 Å². The first-order valence-electron chi connectivity index (χ1n) is 10.2. The zero-order valence-corrected chi connectivity index (χ0v) is 18.5. The molecule has 0 nitrogen and oxygen atoms in total. The van der Waals surface area contributed by atoms with E-state index in [1.54, 1.807) is 0 Å². The fraction of sp³-hybridized carbons (Fsp3) is 0.586. The second-order valence-electron chi connectivity index (χ2n) is 7.13. The molecule has 0 heterocycles. The van der Waals surface area contributed by atoms with E-state index in [4.69, 9.17) is 11.6 Å². The van der Waals surface area contributed by atoms with E-state index in [1.807, 2.05) is 6.92 Å². The highest BCUT2D eigenvalue weighted by molar-refractivity contribution is 6.17. The van der Waals surface area contributed by atoms with Gasteiger partial charge in [0.05, 0.1) is 0 Å². The molecular formula is C29H55Cl. The summed E-state index contributed by atoms with van der Waals surface area (Å²) in [5, 5.41) is 0. The lowest BCUT2D eigenvalue weighted by Crippen LogP contribution is -2.03. The lowest BCUT2D eigenvalue weighted by atomic mass is 9.85. The Kier molecular flexibility index (Phi) is 33.7. The summed E-state index contributed by atoms with van der Waals surface area (Å²) < 4.78 is 0. The average molecular weight is 439 g/mol. The van der Waals surface area contributed by atoms with Crippen LogP contribution < -0.4 is 0 Å². The van der Waals surface area contributed by atoms with Crippen LogP contribution in [0.3, 0.4) is 0 Å². The third-order valence-electron chi connectivity index (χ3n) is 4.59. The van der Waals surface area contributed by atoms with Gasteiger partial charge in [-0.1, -0.05) is 138 Å². The van der Waals surface area contributed by atoms with Crippen LogP contribution in [0.25, 0.3) is 0 Å². The van der Waals surface area contributed by atoms with Crippen molar-refractivity contribution in [2.75, 3.05) is 5.88 Å². The van der Waals surface area contributed by atoms with Gasteiger partial charge in [0.25, 0.3) is 0 Å². The lowest BCUT2D eigenvalue weighted by molar-refractivity contribution is 0.544. The highest BCUT2D eigenvalue weighted by atomic mass is 35.5. The van der Waals surface area contributed by atoms with E-state index in [-0.39, 0.29) is 29.7 Å². The first-order chi connectivity index (χ1) is 12.5. The maximum atomic E-state index is 5.00. The molecular weight excluding hydrogens is 384 g/mol. The van der Waals surface area contributed by atoms with Crippen molar-refractivity contribution in [2.45, 2.75) is 102 Å². The van der Waals surface area contributed by atoms with Crippen LogP contribution in [0.4, 0.5) is 0 Å². The number of alkyl halides is 1. The SMILES string of the molecule is C.C.C.C.CCC(C)C.CCC(CC(C)c1ccccc1)c1ccccc1.CCCl. The summed E-state index contributed by atoms with van der Waals surface area (Å²) in [5.74, 6) is 2.90. The highest BCUT2D eigenvalue weighted by Crippen LogP contribution is 2.31. The predicted molar refractivity (Wildman–Crippen MR) is 147 cm³/mol. The molecule has 0 amide bonds. The second-order valence-corrected chi connectivity index (χ2v) is 7.67. The van der Waals surface area contributed by atoms with Crippen LogP contribution in [0.1, 0.15) is 113 Å². The van der Waals surface area contributed by atoms with Crippen LogP contribution in [-0.4, -0.2) is 5.88 Å². The Bertz CT molecular complexity index is 519. The van der Waals surface area contributed by atoms with Crippen LogP contribution in [0.15, 0.2) is 60.7 Å². The quantitative estimate of drug-likeness (QED) is 0.393. The topological polar surface area (TPSA) is 0 Å². The van der Waals surface area contributed by atoms with Gasteiger partial charge in [-0.2, -0.15) is 0 Å². The summed E-state index contributed by atoms with van der Waals surface area (Å²) in [6.45, 7) is 13.2. The van der Waals surface area contributed by atoms with E-state index in [2.05, 4.69) is 95.3 Å². The maximum Gasteiger partial charge on any atom is 0.0195 e. The van der Waals surface area contributed by atoms with Crippen molar-refractivity contribution in [3.05, 3.63) is 71.8 Å². The molecule has 2 unspecified atom stereocenters. The molecule has 30 heavy (non-hydrogen) atoms. The molecule has 0 aliphatic rings. The van der Waals surface area contributed by atoms with Crippen LogP contribution in [0.5, 0.6) is 0 Å². The van der Waals surface area contributed by atoms with Crippen LogP contribution in [0, 0.1) is 5.92 Å². The zero-order chi connectivity index (χ0) is 19.8. The number of halogens is 1. The molecule has 0 spiro atoms. The molecule has 2 aromatic rings. The fourth-order valence-corrected chi connectivity index (χ4v) is 2.61. The zero-order valence-electron chi connectivity index (χ0n) is 17.7. The van der Waals surface area contributed by atoms with Crippen LogP contribution in [-0.2, 0) is 0 Å². The third-order valence-corrected chi connectivity index (χ3v) is 4.59. The molecule has 0 aliphatic heterocycles. The van der Waals surface area contributed by atoms with E-state index < -0.39 is 0 Å². The number of hydrogen-bond donors (Lipinski definition) is 0. The van der Waals surface area contributed by atoms with Crippen molar-refractivity contribution in [1.82, 2.24) is 0 Å². The molecule has 1 heteroatoms. The molecule has 2 aromatic carbocycles. The minimum Gasteiger partial charge on any atom is -0.127 e. The molecule has 0 aliphatic carbocycles. The van der Waals surface area contributed by atoms with E-state index in [0.717, 1.165) is 11.8 Å². The average Bonchev–Trinajstić information content (AvgIpc) is 2.68. The molecule has 0 fully saturated rings. The second kappa shape index (κ2) is 25.8. The lowest BCUT2D eigenvalue weighted by Gasteiger charge is -2.20. The van der Waals surface area contributed by atoms with Gasteiger partial charge in [0.1, 0.15) is 0 Å². The summed E-state index contributed by atoms with van der Waals surface area (Å²) in [5.41, 5.74) is 2.93. The minimum atomic E-state index is 0. The number of benzene rings is 2. The van der Waals surface area contributed by atoms with Gasteiger partial charge >= 0.3 is 0 Å². The molecule has 0 radical (unpaired) electrons. The van der Waals surface area contributed by atoms with Crippen molar-refractivity contribution in [1.29, 1.82) is 0 Å². The summed E-state index contributed by atoms with van der Waals surface area (Å²) >= 11 is 5.00. The van der Waals surface area contributed by atoms with Gasteiger partial charge in [-0.25, -0.2) is 0 Å². The molecule has 0 saturated carbocycles. The predicted octanol–water partition coefficient (Wildman–Crippen LogP) is 11.2. The van der Waals surface area contributed by atoms with E-state index in [9.17, 15) is 0 Å². The standard InChI is InChI=1S/C18H22.C5H12.C2H5Cl.4CH4/c1-3-16(18-12-8-5-9-13-18)14-15(2)17-10-6-4-7-11-17;1-4-5(2)3;1-2-3;;;;/h4-13,15-16H,3,14H2,1-2H3;5H,4H2,1-3H3;2H2,1H3;4*1H4. The Labute approximate surface area is 197 Å². The fourth-order valence-electron chi connectivity index (χ4n) is 2.61. The first-order valence-corrected chi connectivity index (χ1v) is 10.7. The van der Waals surface area contributed by atoms with Gasteiger partial charge in [-0.05, 0) is 41.7 Å². The van der Waals surface area contributed by atoms with Crippen LogP contribution in [0.2, 0.25) is 0 Å². The van der Waals surface area contributed by atoms with Gasteiger partial charge in [0.15, 0.2) is 0 Å². The van der Waals surface area contributed by atoms with Gasteiger partial charge in [0.2, 0.25) is 0 Å². The summed E-state index contributed by atoms with van der Waals surface area (Å²) in [7, 11) is 0. The Morgan fingerprint density at radius 1 is 0.633 bits per heavy atom. The summed E-state index contributed by atoms with van der Waals surface area (Å²) in [6, 6.07) is 21.7. The van der Waals surface area contributed by atoms with Gasteiger partial charge in [-0.3, -0.25) is 0 Å².